The molecule has 102 valence electrons. The Hall–Kier alpha value is -1.59. The maximum absolute atomic E-state index is 12.1. The first kappa shape index (κ1) is 12.4. The molecule has 0 bridgehead atoms. The van der Waals surface area contributed by atoms with Crippen LogP contribution in [0.3, 0.4) is 0 Å². The van der Waals surface area contributed by atoms with Gasteiger partial charge < -0.3 is 18.9 Å². The monoisotopic (exact) mass is 264 g/mol. The molecule has 1 aromatic carbocycles. The summed E-state index contributed by atoms with van der Waals surface area (Å²) in [5.74, 6) is -0.541. The van der Waals surface area contributed by atoms with Gasteiger partial charge in [-0.2, -0.15) is 0 Å². The average molecular weight is 264 g/mol. The molecule has 1 unspecified atom stereocenters. The molecule has 0 radical (unpaired) electrons. The minimum Gasteiger partial charge on any atom is -0.496 e. The third kappa shape index (κ3) is 2.19. The summed E-state index contributed by atoms with van der Waals surface area (Å²) in [6.45, 7) is 1.10. The van der Waals surface area contributed by atoms with Crippen molar-refractivity contribution in [2.45, 2.75) is 24.7 Å². The molecule has 0 amide bonds. The first-order valence-electron chi connectivity index (χ1n) is 6.35. The summed E-state index contributed by atoms with van der Waals surface area (Å²) >= 11 is 0. The normalized spacial score (nSPS) is 25.3. The molecule has 2 aliphatic rings. The highest BCUT2D eigenvalue weighted by Crippen LogP contribution is 2.42. The van der Waals surface area contributed by atoms with Crippen LogP contribution in [0.5, 0.6) is 5.75 Å². The zero-order valence-electron chi connectivity index (χ0n) is 10.8. The molecule has 5 heteroatoms. The number of esters is 1. The smallest absolute Gasteiger partial charge is 0.342 e. The molecule has 2 saturated heterocycles. The predicted octanol–water partition coefficient (Wildman–Crippen LogP) is 1.82. The summed E-state index contributed by atoms with van der Waals surface area (Å²) in [4.78, 5) is 12.1. The molecule has 1 atom stereocenters. The Labute approximate surface area is 111 Å². The number of benzene rings is 1. The van der Waals surface area contributed by atoms with Crippen molar-refractivity contribution in [1.29, 1.82) is 0 Å². The van der Waals surface area contributed by atoms with E-state index in [1.54, 1.807) is 13.2 Å². The molecule has 19 heavy (non-hydrogen) atoms. The molecule has 2 aliphatic heterocycles. The van der Waals surface area contributed by atoms with E-state index in [1.165, 1.54) is 0 Å². The van der Waals surface area contributed by atoms with E-state index in [9.17, 15) is 4.79 Å². The second-order valence-corrected chi connectivity index (χ2v) is 4.68. The molecule has 0 aliphatic carbocycles. The number of carbonyl (C=O) groups excluding carboxylic acids is 1. The number of ether oxygens (including phenoxy) is 4. The Morgan fingerprint density at radius 2 is 2.00 bits per heavy atom. The Balaban J connectivity index is 1.87. The highest BCUT2D eigenvalue weighted by Gasteiger charge is 2.50. The van der Waals surface area contributed by atoms with Crippen LogP contribution in [0.4, 0.5) is 0 Å². The van der Waals surface area contributed by atoms with Crippen LogP contribution in [0.25, 0.3) is 0 Å². The molecular weight excluding hydrogens is 248 g/mol. The summed E-state index contributed by atoms with van der Waals surface area (Å²) in [6.07, 6.45) is 0.434. The van der Waals surface area contributed by atoms with Crippen LogP contribution in [0.2, 0.25) is 0 Å². The van der Waals surface area contributed by atoms with Gasteiger partial charge in [0.1, 0.15) is 5.75 Å². The summed E-state index contributed by atoms with van der Waals surface area (Å²) in [5, 5.41) is 0. The second kappa shape index (κ2) is 4.83. The van der Waals surface area contributed by atoms with Gasteiger partial charge in [-0.15, -0.1) is 0 Å². The van der Waals surface area contributed by atoms with E-state index in [0.29, 0.717) is 37.4 Å². The van der Waals surface area contributed by atoms with Crippen molar-refractivity contribution >= 4 is 5.97 Å². The largest absolute Gasteiger partial charge is 0.496 e. The highest BCUT2D eigenvalue weighted by atomic mass is 16.8. The van der Waals surface area contributed by atoms with Crippen molar-refractivity contribution in [1.82, 2.24) is 0 Å². The summed E-state index contributed by atoms with van der Waals surface area (Å²) in [7, 11) is 1.57. The number of para-hydroxylation sites is 1. The zero-order valence-corrected chi connectivity index (χ0v) is 10.8. The number of carbonyl (C=O) groups is 1. The lowest BCUT2D eigenvalue weighted by Crippen LogP contribution is -2.37. The van der Waals surface area contributed by atoms with E-state index in [4.69, 9.17) is 18.9 Å². The average Bonchev–Trinajstić information content (AvgIpc) is 2.76. The first-order chi connectivity index (χ1) is 9.24. The fourth-order valence-electron chi connectivity index (χ4n) is 2.50. The SMILES string of the molecule is COc1ccccc1C1OC2(CCOCC2)OC1=O. The maximum atomic E-state index is 12.1. The molecule has 5 nitrogen and oxygen atoms in total. The highest BCUT2D eigenvalue weighted by molar-refractivity contribution is 5.79. The molecule has 2 fully saturated rings. The van der Waals surface area contributed by atoms with Gasteiger partial charge in [-0.1, -0.05) is 18.2 Å². The fourth-order valence-corrected chi connectivity index (χ4v) is 2.50. The van der Waals surface area contributed by atoms with Gasteiger partial charge in [0.25, 0.3) is 0 Å². The lowest BCUT2D eigenvalue weighted by molar-refractivity contribution is -0.212. The Bertz CT molecular complexity index is 478. The number of methoxy groups -OCH3 is 1. The van der Waals surface area contributed by atoms with Gasteiger partial charge in [-0.05, 0) is 6.07 Å². The van der Waals surface area contributed by atoms with Gasteiger partial charge in [-0.3, -0.25) is 0 Å². The topological polar surface area (TPSA) is 54.0 Å². The molecule has 0 N–H and O–H groups in total. The Morgan fingerprint density at radius 1 is 1.26 bits per heavy atom. The van der Waals surface area contributed by atoms with Crippen LogP contribution < -0.4 is 4.74 Å². The lowest BCUT2D eigenvalue weighted by atomic mass is 10.1. The van der Waals surface area contributed by atoms with Crippen molar-refractivity contribution in [3.8, 4) is 5.75 Å². The van der Waals surface area contributed by atoms with Crippen LogP contribution in [-0.4, -0.2) is 32.1 Å². The van der Waals surface area contributed by atoms with Crippen LogP contribution >= 0.6 is 0 Å². The maximum Gasteiger partial charge on any atom is 0.342 e. The van der Waals surface area contributed by atoms with Gasteiger partial charge in [0.05, 0.1) is 20.3 Å². The number of hydrogen-bond donors (Lipinski definition) is 0. The van der Waals surface area contributed by atoms with Crippen LogP contribution in [-0.2, 0) is 19.0 Å². The molecule has 1 aromatic rings. The summed E-state index contributed by atoms with van der Waals surface area (Å²) < 4.78 is 21.9. The van der Waals surface area contributed by atoms with Crippen molar-refractivity contribution in [2.75, 3.05) is 20.3 Å². The van der Waals surface area contributed by atoms with Crippen molar-refractivity contribution in [2.24, 2.45) is 0 Å². The van der Waals surface area contributed by atoms with Gasteiger partial charge in [0.2, 0.25) is 5.79 Å². The third-order valence-electron chi connectivity index (χ3n) is 3.51. The van der Waals surface area contributed by atoms with Crippen molar-refractivity contribution in [3.63, 3.8) is 0 Å². The molecule has 2 heterocycles. The molecule has 3 rings (SSSR count). The van der Waals surface area contributed by atoms with Crippen molar-refractivity contribution in [3.05, 3.63) is 29.8 Å². The molecule has 1 spiro atoms. The van der Waals surface area contributed by atoms with E-state index < -0.39 is 11.9 Å². The van der Waals surface area contributed by atoms with Crippen LogP contribution in [0.1, 0.15) is 24.5 Å². The predicted molar refractivity (Wildman–Crippen MR) is 65.7 cm³/mol. The quantitative estimate of drug-likeness (QED) is 0.763. The van der Waals surface area contributed by atoms with Crippen LogP contribution in [0, 0.1) is 0 Å². The van der Waals surface area contributed by atoms with E-state index in [-0.39, 0.29) is 5.97 Å². The minimum absolute atomic E-state index is 0.355. The molecule has 0 saturated carbocycles. The number of hydrogen-bond acceptors (Lipinski definition) is 5. The third-order valence-corrected chi connectivity index (χ3v) is 3.51. The van der Waals surface area contributed by atoms with E-state index in [2.05, 4.69) is 0 Å². The van der Waals surface area contributed by atoms with Crippen LogP contribution in [0.15, 0.2) is 24.3 Å². The Kier molecular flexibility index (Phi) is 3.16. The van der Waals surface area contributed by atoms with E-state index in [1.807, 2.05) is 18.2 Å². The standard InChI is InChI=1S/C14H16O5/c1-16-11-5-3-2-4-10(11)12-13(15)19-14(18-12)6-8-17-9-7-14/h2-5,12H,6-9H2,1H3. The molecule has 0 aromatic heterocycles. The number of rotatable bonds is 2. The fraction of sp³-hybridized carbons (Fsp3) is 0.500. The second-order valence-electron chi connectivity index (χ2n) is 4.68. The minimum atomic E-state index is -0.819. The lowest BCUT2D eigenvalue weighted by Gasteiger charge is -2.30. The summed E-state index contributed by atoms with van der Waals surface area (Å²) in [5.41, 5.74) is 0.707. The van der Waals surface area contributed by atoms with Gasteiger partial charge >= 0.3 is 5.97 Å². The van der Waals surface area contributed by atoms with Gasteiger partial charge in [0.15, 0.2) is 6.10 Å². The Morgan fingerprint density at radius 3 is 2.74 bits per heavy atom. The van der Waals surface area contributed by atoms with Crippen molar-refractivity contribution < 1.29 is 23.7 Å². The summed E-state index contributed by atoms with van der Waals surface area (Å²) in [6, 6.07) is 7.33. The van der Waals surface area contributed by atoms with Gasteiger partial charge in [-0.25, -0.2) is 4.79 Å². The van der Waals surface area contributed by atoms with Gasteiger partial charge in [0, 0.05) is 18.4 Å². The van der Waals surface area contributed by atoms with E-state index >= 15 is 0 Å². The van der Waals surface area contributed by atoms with E-state index in [0.717, 1.165) is 0 Å². The first-order valence-corrected chi connectivity index (χ1v) is 6.35. The zero-order chi connectivity index (χ0) is 13.3. The molecular formula is C14H16O5.